The van der Waals surface area contributed by atoms with Crippen LogP contribution in [0.2, 0.25) is 5.02 Å². The van der Waals surface area contributed by atoms with Crippen LogP contribution in [-0.4, -0.2) is 11.8 Å². The topological polar surface area (TPSA) is 37.4 Å². The lowest BCUT2D eigenvalue weighted by molar-refractivity contribution is -0.123. The third kappa shape index (κ3) is 1.26. The van der Waals surface area contributed by atoms with Crippen molar-refractivity contribution >= 4 is 29.1 Å². The second-order valence-corrected chi connectivity index (χ2v) is 7.52. The number of allylic oxidation sites excluding steroid dienone is 2. The lowest BCUT2D eigenvalue weighted by Crippen LogP contribution is -2.35. The van der Waals surface area contributed by atoms with Crippen molar-refractivity contribution in [3.05, 3.63) is 40.9 Å². The van der Waals surface area contributed by atoms with Crippen LogP contribution >= 0.6 is 11.6 Å². The van der Waals surface area contributed by atoms with Gasteiger partial charge in [-0.1, -0.05) is 29.8 Å². The van der Waals surface area contributed by atoms with E-state index in [1.807, 2.05) is 13.0 Å². The van der Waals surface area contributed by atoms with E-state index in [0.29, 0.717) is 10.7 Å². The summed E-state index contributed by atoms with van der Waals surface area (Å²) in [5.41, 5.74) is 1.70. The summed E-state index contributed by atoms with van der Waals surface area (Å²) in [6.45, 7) is 1.86. The number of amides is 2. The Morgan fingerprint density at radius 2 is 1.68 bits per heavy atom. The van der Waals surface area contributed by atoms with Crippen molar-refractivity contribution in [3.8, 4) is 0 Å². The Kier molecular flexibility index (Phi) is 2.24. The van der Waals surface area contributed by atoms with Crippen LogP contribution in [0.3, 0.4) is 0 Å². The first-order chi connectivity index (χ1) is 10.6. The van der Waals surface area contributed by atoms with Gasteiger partial charge in [0.05, 0.1) is 17.5 Å². The fraction of sp³-hybridized carbons (Fsp3) is 0.444. The van der Waals surface area contributed by atoms with Crippen LogP contribution in [0, 0.1) is 36.0 Å². The van der Waals surface area contributed by atoms with E-state index in [1.54, 1.807) is 12.1 Å². The number of hydrogen-bond acceptors (Lipinski definition) is 2. The predicted octanol–water partition coefficient (Wildman–Crippen LogP) is 3.35. The summed E-state index contributed by atoms with van der Waals surface area (Å²) in [6.07, 6.45) is 6.72. The molecule has 2 amide bonds. The number of rotatable bonds is 1. The average Bonchev–Trinajstić information content (AvgIpc) is 3.09. The molecule has 0 N–H and O–H groups in total. The van der Waals surface area contributed by atoms with Crippen molar-refractivity contribution in [2.75, 3.05) is 4.90 Å². The van der Waals surface area contributed by atoms with Gasteiger partial charge in [0.2, 0.25) is 11.8 Å². The Balaban J connectivity index is 1.61. The molecule has 3 aliphatic carbocycles. The molecule has 3 fully saturated rings. The van der Waals surface area contributed by atoms with Gasteiger partial charge < -0.3 is 0 Å². The maximum Gasteiger partial charge on any atom is 0.238 e. The van der Waals surface area contributed by atoms with E-state index >= 15 is 0 Å². The van der Waals surface area contributed by atoms with Gasteiger partial charge in [-0.3, -0.25) is 9.59 Å². The molecular formula is C18H16ClNO2. The maximum atomic E-state index is 13.0. The molecule has 1 aliphatic heterocycles. The molecule has 1 saturated heterocycles. The zero-order valence-corrected chi connectivity index (χ0v) is 13.0. The van der Waals surface area contributed by atoms with Gasteiger partial charge in [0.1, 0.15) is 0 Å². The highest BCUT2D eigenvalue weighted by atomic mass is 35.5. The van der Waals surface area contributed by atoms with Crippen molar-refractivity contribution < 1.29 is 9.59 Å². The summed E-state index contributed by atoms with van der Waals surface area (Å²) in [7, 11) is 0. The number of fused-ring (bicyclic) bond motifs is 3. The molecule has 3 nitrogen and oxygen atoms in total. The molecule has 4 unspecified atom stereocenters. The molecule has 0 radical (unpaired) electrons. The molecular weight excluding hydrogens is 298 g/mol. The van der Waals surface area contributed by atoms with E-state index in [0.717, 1.165) is 5.56 Å². The van der Waals surface area contributed by atoms with Crippen LogP contribution < -0.4 is 4.90 Å². The number of anilines is 1. The molecule has 22 heavy (non-hydrogen) atoms. The highest BCUT2D eigenvalue weighted by molar-refractivity contribution is 6.32. The highest BCUT2D eigenvalue weighted by Crippen LogP contribution is 2.73. The molecule has 5 rings (SSSR count). The summed E-state index contributed by atoms with van der Waals surface area (Å²) in [5.74, 6) is 0.186. The van der Waals surface area contributed by atoms with Crippen LogP contribution in [-0.2, 0) is 9.59 Å². The van der Waals surface area contributed by atoms with E-state index in [1.165, 1.54) is 17.7 Å². The number of halogens is 1. The van der Waals surface area contributed by atoms with E-state index < -0.39 is 0 Å². The quantitative estimate of drug-likeness (QED) is 0.589. The first-order valence-electron chi connectivity index (χ1n) is 7.87. The van der Waals surface area contributed by atoms with Crippen molar-refractivity contribution in [2.45, 2.75) is 19.8 Å². The maximum absolute atomic E-state index is 13.0. The van der Waals surface area contributed by atoms with E-state index in [2.05, 4.69) is 12.2 Å². The van der Waals surface area contributed by atoms with Gasteiger partial charge in [0.25, 0.3) is 0 Å². The number of imide groups is 1. The summed E-state index contributed by atoms with van der Waals surface area (Å²) < 4.78 is 0. The molecule has 1 aromatic rings. The van der Waals surface area contributed by atoms with Gasteiger partial charge in [-0.25, -0.2) is 4.90 Å². The fourth-order valence-corrected chi connectivity index (χ4v) is 5.32. The van der Waals surface area contributed by atoms with Gasteiger partial charge in [-0.2, -0.15) is 0 Å². The minimum atomic E-state index is -0.150. The second kappa shape index (κ2) is 3.83. The predicted molar refractivity (Wildman–Crippen MR) is 83.4 cm³/mol. The summed E-state index contributed by atoms with van der Waals surface area (Å²) in [4.78, 5) is 27.4. The van der Waals surface area contributed by atoms with Crippen molar-refractivity contribution in [3.63, 3.8) is 0 Å². The molecule has 112 valence electrons. The minimum Gasteiger partial charge on any atom is -0.274 e. The number of carbonyl (C=O) groups is 2. The zero-order valence-electron chi connectivity index (χ0n) is 12.3. The van der Waals surface area contributed by atoms with Gasteiger partial charge >= 0.3 is 0 Å². The zero-order chi connectivity index (χ0) is 15.2. The van der Waals surface area contributed by atoms with Crippen molar-refractivity contribution in [1.29, 1.82) is 0 Å². The summed E-state index contributed by atoms with van der Waals surface area (Å²) in [5, 5.41) is 0.593. The summed E-state index contributed by atoms with van der Waals surface area (Å²) >= 11 is 6.17. The number of hydrogen-bond donors (Lipinski definition) is 0. The SMILES string of the molecule is Cc1c(Cl)cccc1N1C(=O)C2C(C1=O)C1C=CC2C12CC2. The van der Waals surface area contributed by atoms with Crippen LogP contribution in [0.15, 0.2) is 30.4 Å². The van der Waals surface area contributed by atoms with Crippen molar-refractivity contribution in [2.24, 2.45) is 29.1 Å². The first-order valence-corrected chi connectivity index (χ1v) is 8.25. The molecule has 0 aromatic heterocycles. The standard InChI is InChI=1S/C18H16ClNO2/c1-9-12(19)3-2-4-13(9)20-16(21)14-10-5-6-11(15(14)17(20)22)18(10)7-8-18/h2-6,10-11,14-15H,7-8H2,1H3. The molecule has 2 bridgehead atoms. The largest absolute Gasteiger partial charge is 0.274 e. The van der Waals surface area contributed by atoms with Crippen LogP contribution in [0.25, 0.3) is 0 Å². The molecule has 2 saturated carbocycles. The summed E-state index contributed by atoms with van der Waals surface area (Å²) in [6, 6.07) is 5.41. The normalized spacial score (nSPS) is 36.5. The lowest BCUT2D eigenvalue weighted by Gasteiger charge is -2.23. The average molecular weight is 314 g/mol. The monoisotopic (exact) mass is 313 g/mol. The third-order valence-electron chi connectivity index (χ3n) is 6.33. The molecule has 1 heterocycles. The molecule has 4 atom stereocenters. The third-order valence-corrected chi connectivity index (χ3v) is 6.74. The molecule has 4 aliphatic rings. The van der Waals surface area contributed by atoms with Gasteiger partial charge in [-0.15, -0.1) is 0 Å². The number of nitrogens with zero attached hydrogens (tertiary/aromatic N) is 1. The Hall–Kier alpha value is -1.61. The van der Waals surface area contributed by atoms with E-state index in [-0.39, 0.29) is 40.9 Å². The Morgan fingerprint density at radius 1 is 1.09 bits per heavy atom. The van der Waals surface area contributed by atoms with Crippen LogP contribution in [0.1, 0.15) is 18.4 Å². The van der Waals surface area contributed by atoms with Crippen molar-refractivity contribution in [1.82, 2.24) is 0 Å². The first kappa shape index (κ1) is 12.9. The van der Waals surface area contributed by atoms with Crippen LogP contribution in [0.4, 0.5) is 5.69 Å². The smallest absolute Gasteiger partial charge is 0.238 e. The van der Waals surface area contributed by atoms with Gasteiger partial charge in [-0.05, 0) is 54.7 Å². The molecule has 4 heteroatoms. The lowest BCUT2D eigenvalue weighted by atomic mass is 9.85. The minimum absolute atomic E-state index is 0.0245. The Labute approximate surface area is 133 Å². The number of benzene rings is 1. The molecule has 1 spiro atoms. The van der Waals surface area contributed by atoms with Gasteiger partial charge in [0, 0.05) is 5.02 Å². The number of carbonyl (C=O) groups excluding carboxylic acids is 2. The van der Waals surface area contributed by atoms with E-state index in [9.17, 15) is 9.59 Å². The Morgan fingerprint density at radius 3 is 2.23 bits per heavy atom. The second-order valence-electron chi connectivity index (χ2n) is 7.12. The molecule has 1 aromatic carbocycles. The van der Waals surface area contributed by atoms with E-state index in [4.69, 9.17) is 11.6 Å². The fourth-order valence-electron chi connectivity index (χ4n) is 5.15. The van der Waals surface area contributed by atoms with Crippen LogP contribution in [0.5, 0.6) is 0 Å². The van der Waals surface area contributed by atoms with Gasteiger partial charge in [0.15, 0.2) is 0 Å². The Bertz CT molecular complexity index is 730. The highest BCUT2D eigenvalue weighted by Gasteiger charge is 2.73.